The van der Waals surface area contributed by atoms with Gasteiger partial charge in [0.2, 0.25) is 11.0 Å². The van der Waals surface area contributed by atoms with E-state index in [0.29, 0.717) is 0 Å². The zero-order valence-electron chi connectivity index (χ0n) is 17.2. The Morgan fingerprint density at radius 1 is 1.23 bits per heavy atom. The van der Waals surface area contributed by atoms with Gasteiger partial charge in [-0.2, -0.15) is 0 Å². The van der Waals surface area contributed by atoms with Crippen LogP contribution in [0.4, 0.5) is 10.8 Å². The normalized spacial score (nSPS) is 15.6. The van der Waals surface area contributed by atoms with Crippen molar-refractivity contribution in [1.82, 2.24) is 10.2 Å². The van der Waals surface area contributed by atoms with Crippen LogP contribution in [0.25, 0.3) is 0 Å². The molecule has 1 saturated heterocycles. The first-order chi connectivity index (χ1) is 15.1. The Morgan fingerprint density at radius 3 is 2.87 bits per heavy atom. The first kappa shape index (κ1) is 21.6. The Morgan fingerprint density at radius 2 is 2.10 bits per heavy atom. The fourth-order valence-electron chi connectivity index (χ4n) is 3.09. The highest BCUT2D eigenvalue weighted by Gasteiger charge is 2.16. The first-order valence-corrected chi connectivity index (χ1v) is 11.9. The molecule has 162 valence electrons. The maximum Gasteiger partial charge on any atom is 0.234 e. The maximum absolute atomic E-state index is 12.3. The van der Waals surface area contributed by atoms with E-state index in [0.717, 1.165) is 58.2 Å². The molecule has 3 aromatic rings. The summed E-state index contributed by atoms with van der Waals surface area (Å²) in [7, 11) is 0. The van der Waals surface area contributed by atoms with Crippen molar-refractivity contribution in [3.8, 4) is 11.5 Å². The lowest BCUT2D eigenvalue weighted by molar-refractivity contribution is -0.113. The number of anilines is 2. The van der Waals surface area contributed by atoms with Crippen molar-refractivity contribution < 1.29 is 14.3 Å². The molecule has 2 N–H and O–H groups in total. The number of rotatable bonds is 9. The number of amides is 1. The Kier molecular flexibility index (Phi) is 7.39. The highest BCUT2D eigenvalue weighted by molar-refractivity contribution is 8.01. The molecule has 1 aromatic heterocycles. The van der Waals surface area contributed by atoms with Gasteiger partial charge < -0.3 is 20.1 Å². The maximum atomic E-state index is 12.3. The molecule has 1 atom stereocenters. The van der Waals surface area contributed by atoms with Crippen LogP contribution in [0.15, 0.2) is 52.9 Å². The van der Waals surface area contributed by atoms with Crippen LogP contribution >= 0.6 is 23.1 Å². The van der Waals surface area contributed by atoms with Crippen molar-refractivity contribution in [1.29, 1.82) is 0 Å². The van der Waals surface area contributed by atoms with Gasteiger partial charge in [0.1, 0.15) is 11.5 Å². The number of nitrogens with zero attached hydrogens (tertiary/aromatic N) is 2. The van der Waals surface area contributed by atoms with Gasteiger partial charge in [-0.25, -0.2) is 0 Å². The van der Waals surface area contributed by atoms with E-state index >= 15 is 0 Å². The summed E-state index contributed by atoms with van der Waals surface area (Å²) in [5, 5.41) is 15.2. The SMILES string of the molecule is Cc1cccc(Oc2ccc(NC(=O)CSc3nnc(NCC4CCCO4)s3)cc2)c1. The van der Waals surface area contributed by atoms with Gasteiger partial charge in [0, 0.05) is 18.8 Å². The average Bonchev–Trinajstić information content (AvgIpc) is 3.44. The molecule has 0 spiro atoms. The van der Waals surface area contributed by atoms with Crippen LogP contribution in [0, 0.1) is 6.92 Å². The number of carbonyl (C=O) groups is 1. The number of nitrogens with one attached hydrogen (secondary N) is 2. The fraction of sp³-hybridized carbons (Fsp3) is 0.318. The summed E-state index contributed by atoms with van der Waals surface area (Å²) in [4.78, 5) is 12.3. The van der Waals surface area contributed by atoms with Crippen LogP contribution in [-0.2, 0) is 9.53 Å². The van der Waals surface area contributed by atoms with Crippen molar-refractivity contribution in [3.63, 3.8) is 0 Å². The number of benzene rings is 2. The molecule has 0 bridgehead atoms. The topological polar surface area (TPSA) is 85.4 Å². The van der Waals surface area contributed by atoms with E-state index in [-0.39, 0.29) is 17.8 Å². The minimum absolute atomic E-state index is 0.0959. The zero-order chi connectivity index (χ0) is 21.5. The van der Waals surface area contributed by atoms with Crippen molar-refractivity contribution >= 4 is 39.8 Å². The minimum atomic E-state index is -0.0959. The molecular weight excluding hydrogens is 432 g/mol. The number of aromatic nitrogens is 2. The molecule has 9 heteroatoms. The number of carbonyl (C=O) groups excluding carboxylic acids is 1. The van der Waals surface area contributed by atoms with Gasteiger partial charge >= 0.3 is 0 Å². The first-order valence-electron chi connectivity index (χ1n) is 10.1. The Balaban J connectivity index is 1.21. The van der Waals surface area contributed by atoms with E-state index in [9.17, 15) is 4.79 Å². The summed E-state index contributed by atoms with van der Waals surface area (Å²) in [5.74, 6) is 1.67. The molecule has 1 aliphatic heterocycles. The van der Waals surface area contributed by atoms with Gasteiger partial charge in [-0.05, 0) is 61.7 Å². The molecule has 0 aliphatic carbocycles. The van der Waals surface area contributed by atoms with Gasteiger partial charge in [0.15, 0.2) is 4.34 Å². The van der Waals surface area contributed by atoms with Crippen LogP contribution in [0.1, 0.15) is 18.4 Å². The van der Waals surface area contributed by atoms with Crippen molar-refractivity contribution in [2.24, 2.45) is 0 Å². The average molecular weight is 457 g/mol. The molecule has 0 saturated carbocycles. The smallest absolute Gasteiger partial charge is 0.234 e. The summed E-state index contributed by atoms with van der Waals surface area (Å²) < 4.78 is 12.2. The van der Waals surface area contributed by atoms with Crippen molar-refractivity contribution in [2.75, 3.05) is 29.5 Å². The van der Waals surface area contributed by atoms with Crippen LogP contribution < -0.4 is 15.4 Å². The molecule has 1 fully saturated rings. The van der Waals surface area contributed by atoms with Crippen LogP contribution in [0.3, 0.4) is 0 Å². The third-order valence-corrected chi connectivity index (χ3v) is 6.62. The van der Waals surface area contributed by atoms with E-state index in [1.807, 2.05) is 55.5 Å². The minimum Gasteiger partial charge on any atom is -0.457 e. The fourth-order valence-corrected chi connectivity index (χ4v) is 4.65. The molecule has 4 rings (SSSR count). The second-order valence-electron chi connectivity index (χ2n) is 7.17. The Labute approximate surface area is 189 Å². The number of thioether (sulfide) groups is 1. The lowest BCUT2D eigenvalue weighted by Crippen LogP contribution is -2.18. The van der Waals surface area contributed by atoms with Gasteiger partial charge in [0.25, 0.3) is 0 Å². The summed E-state index contributed by atoms with van der Waals surface area (Å²) in [6.45, 7) is 3.60. The molecule has 1 aliphatic rings. The van der Waals surface area contributed by atoms with Gasteiger partial charge in [-0.3, -0.25) is 4.79 Å². The number of hydrogen-bond acceptors (Lipinski definition) is 8. The largest absolute Gasteiger partial charge is 0.457 e. The molecule has 2 heterocycles. The molecule has 7 nitrogen and oxygen atoms in total. The monoisotopic (exact) mass is 456 g/mol. The Hall–Kier alpha value is -2.62. The second kappa shape index (κ2) is 10.6. The van der Waals surface area contributed by atoms with E-state index in [1.54, 1.807) is 0 Å². The summed E-state index contributed by atoms with van der Waals surface area (Å²) in [5.41, 5.74) is 1.86. The summed E-state index contributed by atoms with van der Waals surface area (Å²) >= 11 is 2.82. The van der Waals surface area contributed by atoms with Crippen molar-refractivity contribution in [3.05, 3.63) is 54.1 Å². The van der Waals surface area contributed by atoms with Crippen LogP contribution in [-0.4, -0.2) is 41.1 Å². The summed E-state index contributed by atoms with van der Waals surface area (Å²) in [6.07, 6.45) is 2.44. The molecule has 0 radical (unpaired) electrons. The molecule has 2 aromatic carbocycles. The predicted octanol–water partition coefficient (Wildman–Crippen LogP) is 4.96. The second-order valence-corrected chi connectivity index (χ2v) is 9.37. The summed E-state index contributed by atoms with van der Waals surface area (Å²) in [6, 6.07) is 15.2. The van der Waals surface area contributed by atoms with Gasteiger partial charge in [-0.15, -0.1) is 10.2 Å². The Bertz CT molecular complexity index is 1000. The lowest BCUT2D eigenvalue weighted by Gasteiger charge is -2.08. The van der Waals surface area contributed by atoms with E-state index in [1.165, 1.54) is 23.1 Å². The molecule has 1 amide bonds. The molecular formula is C22H24N4O3S2. The molecule has 31 heavy (non-hydrogen) atoms. The van der Waals surface area contributed by atoms with Crippen LogP contribution in [0.5, 0.6) is 11.5 Å². The van der Waals surface area contributed by atoms with E-state index in [4.69, 9.17) is 9.47 Å². The highest BCUT2D eigenvalue weighted by Crippen LogP contribution is 2.27. The van der Waals surface area contributed by atoms with Crippen LogP contribution in [0.2, 0.25) is 0 Å². The van der Waals surface area contributed by atoms with E-state index in [2.05, 4.69) is 20.8 Å². The highest BCUT2D eigenvalue weighted by atomic mass is 32.2. The van der Waals surface area contributed by atoms with Gasteiger partial charge in [-0.1, -0.05) is 35.2 Å². The quantitative estimate of drug-likeness (QED) is 0.440. The third-order valence-electron chi connectivity index (χ3n) is 4.60. The zero-order valence-corrected chi connectivity index (χ0v) is 18.8. The van der Waals surface area contributed by atoms with E-state index < -0.39 is 0 Å². The number of aryl methyl sites for hydroxylation is 1. The predicted molar refractivity (Wildman–Crippen MR) is 124 cm³/mol. The lowest BCUT2D eigenvalue weighted by atomic mass is 10.2. The number of hydrogen-bond donors (Lipinski definition) is 2. The standard InChI is InChI=1S/C22H24N4O3S2/c1-15-4-2-5-18(12-15)29-17-9-7-16(8-10-17)24-20(27)14-30-22-26-25-21(31-22)23-13-19-6-3-11-28-19/h2,4-5,7-10,12,19H,3,6,11,13-14H2,1H3,(H,23,25)(H,24,27). The van der Waals surface area contributed by atoms with Gasteiger partial charge in [0.05, 0.1) is 11.9 Å². The third kappa shape index (κ3) is 6.68. The number of ether oxygens (including phenoxy) is 2. The molecule has 1 unspecified atom stereocenters. The van der Waals surface area contributed by atoms with Crippen molar-refractivity contribution in [2.45, 2.75) is 30.2 Å².